The normalized spacial score (nSPS) is 19.2. The highest BCUT2D eigenvalue weighted by molar-refractivity contribution is 8.00. The summed E-state index contributed by atoms with van der Waals surface area (Å²) < 4.78 is 5.79. The number of nitrogens with one attached hydrogen (secondary N) is 3. The molecule has 18 nitrogen and oxygen atoms in total. The molecule has 20 heteroatoms. The Hall–Kier alpha value is -5.08. The monoisotopic (exact) mass is 971 g/mol. The molecular formula is C47H69N7O11S2. The van der Waals surface area contributed by atoms with Gasteiger partial charge in [0.2, 0.25) is 29.5 Å². The minimum atomic E-state index is -1.07. The van der Waals surface area contributed by atoms with Crippen LogP contribution in [0.25, 0.3) is 0 Å². The van der Waals surface area contributed by atoms with Gasteiger partial charge in [-0.05, 0) is 81.5 Å². The molecule has 1 aromatic carbocycles. The molecule has 370 valence electrons. The number of amides is 6. The number of ether oxygens (including phenoxy) is 1. The van der Waals surface area contributed by atoms with Crippen LogP contribution >= 0.6 is 23.1 Å². The first-order valence-corrected chi connectivity index (χ1v) is 25.2. The van der Waals surface area contributed by atoms with Crippen LogP contribution in [0.15, 0.2) is 23.6 Å². The third-order valence-corrected chi connectivity index (χ3v) is 14.6. The van der Waals surface area contributed by atoms with Crippen molar-refractivity contribution in [3.8, 4) is 5.75 Å². The Balaban J connectivity index is 1.47. The second kappa shape index (κ2) is 25.3. The second-order valence-corrected chi connectivity index (χ2v) is 20.1. The summed E-state index contributed by atoms with van der Waals surface area (Å²) in [6.07, 6.45) is 4.74. The molecule has 67 heavy (non-hydrogen) atoms. The van der Waals surface area contributed by atoms with Crippen LogP contribution < -0.4 is 16.0 Å². The van der Waals surface area contributed by atoms with Crippen LogP contribution in [0.3, 0.4) is 0 Å². The van der Waals surface area contributed by atoms with Gasteiger partial charge in [-0.3, -0.25) is 48.2 Å². The highest BCUT2D eigenvalue weighted by Crippen LogP contribution is 2.32. The van der Waals surface area contributed by atoms with Crippen LogP contribution in [-0.2, 0) is 44.7 Å². The quantitative estimate of drug-likeness (QED) is 0.0528. The van der Waals surface area contributed by atoms with Gasteiger partial charge in [0.05, 0.1) is 22.9 Å². The molecule has 6 amide bonds. The van der Waals surface area contributed by atoms with Crippen molar-refractivity contribution in [1.82, 2.24) is 30.3 Å². The predicted octanol–water partition coefficient (Wildman–Crippen LogP) is 5.00. The number of hydrogen-bond acceptors (Lipinski definition) is 14. The summed E-state index contributed by atoms with van der Waals surface area (Å²) in [5.41, 5.74) is 0.661. The fraction of sp³-hybridized carbons (Fsp3) is 0.638. The molecule has 0 spiro atoms. The highest BCUT2D eigenvalue weighted by Gasteiger charge is 2.39. The number of thiazole rings is 1. The molecule has 2 unspecified atom stereocenters. The van der Waals surface area contributed by atoms with Crippen LogP contribution in [0, 0.1) is 17.8 Å². The first-order valence-electron chi connectivity index (χ1n) is 23.1. The van der Waals surface area contributed by atoms with E-state index in [0.29, 0.717) is 23.4 Å². The van der Waals surface area contributed by atoms with Crippen molar-refractivity contribution in [3.63, 3.8) is 0 Å². The molecule has 1 aromatic heterocycles. The molecule has 4 rings (SSSR count). The highest BCUT2D eigenvalue weighted by atomic mass is 32.2. The number of thioether (sulfide) groups is 1. The van der Waals surface area contributed by atoms with Crippen molar-refractivity contribution in [2.45, 2.75) is 141 Å². The van der Waals surface area contributed by atoms with Gasteiger partial charge >= 0.3 is 11.9 Å². The lowest BCUT2D eigenvalue weighted by Gasteiger charge is -2.38. The molecule has 2 aromatic rings. The van der Waals surface area contributed by atoms with Crippen molar-refractivity contribution in [2.24, 2.45) is 17.8 Å². The van der Waals surface area contributed by atoms with Crippen molar-refractivity contribution < 1.29 is 53.3 Å². The summed E-state index contributed by atoms with van der Waals surface area (Å²) in [5, 5.41) is 30.4. The third kappa shape index (κ3) is 15.2. The number of anilines is 1. The summed E-state index contributed by atoms with van der Waals surface area (Å²) in [7, 11) is 3.60. The Morgan fingerprint density at radius 3 is 2.39 bits per heavy atom. The predicted molar refractivity (Wildman–Crippen MR) is 255 cm³/mol. The largest absolute Gasteiger partial charge is 0.506 e. The molecule has 0 saturated carbocycles. The third-order valence-electron chi connectivity index (χ3n) is 12.7. The molecule has 5 N–H and O–H groups in total. The van der Waals surface area contributed by atoms with Gasteiger partial charge in [-0.25, -0.2) is 4.98 Å². The summed E-state index contributed by atoms with van der Waals surface area (Å²) in [5.74, 6) is -5.08. The standard InChI is InChI=1S/C47H69N7O11S2/c1-10-27(4)41(51-43(60)34-14-11-12-18-52(34)7)46(62)53(8)35(26(2)3)23-37(65-29(6)55)44-50-33(25-67-44)42(59)48-31(20-28(5)47(63)64)21-30-16-17-36(56)32(22-30)49-39(57)15-13-19-54-40(58)24-38(66-9)45(54)61/h16-17,22,25-28,31,34-35,37-38,41,56H,10-15,18-21,23-24H2,1-9H3,(H,48,59)(H,49,57)(H,51,60)(H,63,64)/t27-,28?,31+,34+,35+,37+,38?,41-/m0/s1. The fourth-order valence-corrected chi connectivity index (χ4v) is 9.99. The first-order chi connectivity index (χ1) is 31.6. The number of nitrogens with zero attached hydrogens (tertiary/aromatic N) is 4. The van der Waals surface area contributed by atoms with Crippen molar-refractivity contribution in [2.75, 3.05) is 38.8 Å². The number of carboxylic acids is 1. The number of likely N-dealkylation sites (tertiary alicyclic amines) is 2. The zero-order valence-corrected chi connectivity index (χ0v) is 41.8. The SMILES string of the molecule is CC[C@H](C)[C@H](NC(=O)[C@H]1CCCCN1C)C(=O)N(C)[C@H](C[C@@H](OC(C)=O)c1nc(C(=O)N[C@@H](Cc2ccc(O)c(NC(=O)CCCN3C(=O)CC(SC)C3=O)c2)CC(C)C(=O)O)cs1)C(C)C. The van der Waals surface area contributed by atoms with E-state index in [1.54, 1.807) is 24.3 Å². The van der Waals surface area contributed by atoms with E-state index >= 15 is 0 Å². The lowest BCUT2D eigenvalue weighted by molar-refractivity contribution is -0.149. The zero-order valence-electron chi connectivity index (χ0n) is 40.2. The van der Waals surface area contributed by atoms with E-state index in [1.807, 2.05) is 39.6 Å². The number of carbonyl (C=O) groups excluding carboxylic acids is 7. The zero-order chi connectivity index (χ0) is 49.7. The number of aromatic hydroxyl groups is 1. The number of esters is 1. The van der Waals surface area contributed by atoms with E-state index in [1.165, 1.54) is 48.0 Å². The topological polar surface area (TPSA) is 245 Å². The summed E-state index contributed by atoms with van der Waals surface area (Å²) in [6.45, 7) is 11.5. The average molecular weight is 972 g/mol. The number of aromatic nitrogens is 1. The number of aliphatic carboxylic acids is 1. The molecule has 2 fully saturated rings. The van der Waals surface area contributed by atoms with Crippen LogP contribution in [0.5, 0.6) is 5.75 Å². The van der Waals surface area contributed by atoms with Gasteiger partial charge in [0.25, 0.3) is 5.91 Å². The molecule has 3 heterocycles. The van der Waals surface area contributed by atoms with Gasteiger partial charge in [-0.1, -0.05) is 53.5 Å². The Labute approximate surface area is 401 Å². The first kappa shape index (κ1) is 54.5. The van der Waals surface area contributed by atoms with Crippen LogP contribution in [0.4, 0.5) is 5.69 Å². The van der Waals surface area contributed by atoms with E-state index < -0.39 is 59.2 Å². The van der Waals surface area contributed by atoms with Crippen molar-refractivity contribution >= 4 is 76.2 Å². The lowest BCUT2D eigenvalue weighted by atomic mass is 9.92. The van der Waals surface area contributed by atoms with E-state index in [-0.39, 0.29) is 104 Å². The Morgan fingerprint density at radius 1 is 1.06 bits per heavy atom. The van der Waals surface area contributed by atoms with Crippen molar-refractivity contribution in [1.29, 1.82) is 0 Å². The maximum absolute atomic E-state index is 14.3. The van der Waals surface area contributed by atoms with Crippen LogP contribution in [0.1, 0.15) is 126 Å². The number of imide groups is 1. The summed E-state index contributed by atoms with van der Waals surface area (Å²) in [6, 6.07) is 2.18. The molecule has 2 aliphatic heterocycles. The fourth-order valence-electron chi connectivity index (χ4n) is 8.52. The maximum Gasteiger partial charge on any atom is 0.306 e. The molecule has 0 aliphatic carbocycles. The van der Waals surface area contributed by atoms with Crippen LogP contribution in [0.2, 0.25) is 0 Å². The minimum absolute atomic E-state index is 0.00263. The van der Waals surface area contributed by atoms with E-state index in [2.05, 4.69) is 20.9 Å². The van der Waals surface area contributed by atoms with Gasteiger partial charge in [-0.2, -0.15) is 11.8 Å². The average Bonchev–Trinajstić information content (AvgIpc) is 3.88. The number of piperidine rings is 1. The molecule has 8 atom stereocenters. The number of likely N-dealkylation sites (N-methyl/N-ethyl adjacent to an activating group) is 2. The number of phenols is 1. The second-order valence-electron chi connectivity index (χ2n) is 18.2. The maximum atomic E-state index is 14.3. The van der Waals surface area contributed by atoms with Gasteiger partial charge in [0.1, 0.15) is 22.5 Å². The molecular weight excluding hydrogens is 903 g/mol. The number of phenolic OH excluding ortho intramolecular Hbond substituents is 1. The van der Waals surface area contributed by atoms with E-state index in [0.717, 1.165) is 30.7 Å². The number of carboxylic acid groups (broad SMARTS) is 1. The Bertz CT molecular complexity index is 2100. The lowest BCUT2D eigenvalue weighted by Crippen LogP contribution is -2.58. The molecule has 2 saturated heterocycles. The number of rotatable bonds is 24. The number of benzene rings is 1. The van der Waals surface area contributed by atoms with Gasteiger partial charge < -0.3 is 35.8 Å². The number of hydrogen-bond donors (Lipinski definition) is 5. The van der Waals surface area contributed by atoms with Gasteiger partial charge in [-0.15, -0.1) is 11.3 Å². The Kier molecular flexibility index (Phi) is 20.6. The summed E-state index contributed by atoms with van der Waals surface area (Å²) >= 11 is 2.41. The van der Waals surface area contributed by atoms with Crippen LogP contribution in [-0.4, -0.2) is 140 Å². The molecule has 2 aliphatic rings. The van der Waals surface area contributed by atoms with E-state index in [4.69, 9.17) is 4.74 Å². The van der Waals surface area contributed by atoms with Gasteiger partial charge in [0, 0.05) is 57.2 Å². The Morgan fingerprint density at radius 2 is 1.78 bits per heavy atom. The smallest absolute Gasteiger partial charge is 0.306 e. The van der Waals surface area contributed by atoms with Gasteiger partial charge in [0.15, 0.2) is 6.10 Å². The minimum Gasteiger partial charge on any atom is -0.506 e. The van der Waals surface area contributed by atoms with Crippen molar-refractivity contribution in [3.05, 3.63) is 39.8 Å². The molecule has 0 radical (unpaired) electrons. The summed E-state index contributed by atoms with van der Waals surface area (Å²) in [4.78, 5) is 113. The molecule has 0 bridgehead atoms. The van der Waals surface area contributed by atoms with E-state index in [9.17, 15) is 48.6 Å². The number of carbonyl (C=O) groups is 8.